The van der Waals surface area contributed by atoms with Gasteiger partial charge in [-0.3, -0.25) is 0 Å². The van der Waals surface area contributed by atoms with Crippen LogP contribution >= 0.6 is 22.7 Å². The van der Waals surface area contributed by atoms with Crippen LogP contribution in [-0.2, 0) is 6.42 Å². The molecule has 0 aliphatic carbocycles. The lowest BCUT2D eigenvalue weighted by molar-refractivity contribution is 0.726. The molecule has 1 unspecified atom stereocenters. The maximum absolute atomic E-state index is 6.27. The second-order valence-electron chi connectivity index (χ2n) is 3.92. The molecule has 0 aliphatic rings. The highest BCUT2D eigenvalue weighted by Gasteiger charge is 2.13. The maximum Gasteiger partial charge on any atom is 0.0943 e. The van der Waals surface area contributed by atoms with Crippen molar-refractivity contribution in [1.29, 1.82) is 0 Å². The summed E-state index contributed by atoms with van der Waals surface area (Å²) in [6, 6.07) is 8.45. The molecule has 0 saturated heterocycles. The van der Waals surface area contributed by atoms with Crippen LogP contribution in [0.1, 0.15) is 16.6 Å². The summed E-state index contributed by atoms with van der Waals surface area (Å²) < 4.78 is 1.30. The Hall–Kier alpha value is -1.23. The summed E-state index contributed by atoms with van der Waals surface area (Å²) in [5, 5.41) is 6.55. The number of benzene rings is 1. The van der Waals surface area contributed by atoms with Crippen molar-refractivity contribution in [3.63, 3.8) is 0 Å². The van der Waals surface area contributed by atoms with E-state index in [0.717, 1.165) is 11.4 Å². The van der Waals surface area contributed by atoms with E-state index in [-0.39, 0.29) is 6.04 Å². The molecule has 3 rings (SSSR count). The van der Waals surface area contributed by atoms with E-state index in [2.05, 4.69) is 34.6 Å². The van der Waals surface area contributed by atoms with E-state index < -0.39 is 0 Å². The van der Waals surface area contributed by atoms with Gasteiger partial charge in [0.1, 0.15) is 0 Å². The zero-order valence-corrected chi connectivity index (χ0v) is 10.8. The molecule has 4 heteroatoms. The smallest absolute Gasteiger partial charge is 0.0943 e. The first kappa shape index (κ1) is 10.9. The largest absolute Gasteiger partial charge is 0.324 e. The zero-order chi connectivity index (χ0) is 11.7. The van der Waals surface area contributed by atoms with Gasteiger partial charge in [0, 0.05) is 28.7 Å². The summed E-state index contributed by atoms with van der Waals surface area (Å²) in [5.74, 6) is 0. The average molecular weight is 260 g/mol. The van der Waals surface area contributed by atoms with Gasteiger partial charge < -0.3 is 5.73 Å². The number of thiophene rings is 1. The van der Waals surface area contributed by atoms with Crippen molar-refractivity contribution in [2.45, 2.75) is 12.5 Å². The highest BCUT2D eigenvalue weighted by atomic mass is 32.1. The van der Waals surface area contributed by atoms with Crippen molar-refractivity contribution in [3.8, 4) is 0 Å². The SMILES string of the molecule is NC(Cc1nccs1)c1csc2ccccc12. The molecule has 17 heavy (non-hydrogen) atoms. The molecule has 3 aromatic rings. The number of aromatic nitrogens is 1. The molecule has 0 bridgehead atoms. The van der Waals surface area contributed by atoms with E-state index in [0.29, 0.717) is 0 Å². The predicted molar refractivity (Wildman–Crippen MR) is 74.6 cm³/mol. The van der Waals surface area contributed by atoms with Gasteiger partial charge in [-0.25, -0.2) is 4.98 Å². The van der Waals surface area contributed by atoms with Gasteiger partial charge in [0.25, 0.3) is 0 Å². The minimum absolute atomic E-state index is 0.0392. The van der Waals surface area contributed by atoms with E-state index in [4.69, 9.17) is 5.73 Å². The number of nitrogens with zero attached hydrogens (tertiary/aromatic N) is 1. The first-order valence-electron chi connectivity index (χ1n) is 5.44. The van der Waals surface area contributed by atoms with Gasteiger partial charge in [0.2, 0.25) is 0 Å². The maximum atomic E-state index is 6.27. The van der Waals surface area contributed by atoms with Crippen LogP contribution in [0.25, 0.3) is 10.1 Å². The molecule has 2 aromatic heterocycles. The number of hydrogen-bond acceptors (Lipinski definition) is 4. The summed E-state index contributed by atoms with van der Waals surface area (Å²) in [6.45, 7) is 0. The van der Waals surface area contributed by atoms with Crippen molar-refractivity contribution in [1.82, 2.24) is 4.98 Å². The number of nitrogens with two attached hydrogens (primary N) is 1. The summed E-state index contributed by atoms with van der Waals surface area (Å²) in [7, 11) is 0. The van der Waals surface area contributed by atoms with Crippen LogP contribution in [0.2, 0.25) is 0 Å². The molecule has 86 valence electrons. The third-order valence-electron chi connectivity index (χ3n) is 2.79. The lowest BCUT2D eigenvalue weighted by Gasteiger charge is -2.08. The lowest BCUT2D eigenvalue weighted by atomic mass is 10.0. The molecule has 0 saturated carbocycles. The minimum Gasteiger partial charge on any atom is -0.324 e. The topological polar surface area (TPSA) is 38.9 Å². The molecule has 0 fully saturated rings. The van der Waals surface area contributed by atoms with E-state index >= 15 is 0 Å². The summed E-state index contributed by atoms with van der Waals surface area (Å²) in [6.07, 6.45) is 2.65. The van der Waals surface area contributed by atoms with Gasteiger partial charge >= 0.3 is 0 Å². The zero-order valence-electron chi connectivity index (χ0n) is 9.17. The quantitative estimate of drug-likeness (QED) is 0.781. The molecule has 0 aliphatic heterocycles. The van der Waals surface area contributed by atoms with Crippen molar-refractivity contribution in [2.75, 3.05) is 0 Å². The molecular formula is C13H12N2S2. The molecule has 0 radical (unpaired) electrons. The van der Waals surface area contributed by atoms with Gasteiger partial charge in [0.15, 0.2) is 0 Å². The highest BCUT2D eigenvalue weighted by Crippen LogP contribution is 2.30. The normalized spacial score (nSPS) is 13.0. The molecule has 1 aromatic carbocycles. The van der Waals surface area contributed by atoms with Gasteiger partial charge in [-0.2, -0.15) is 0 Å². The van der Waals surface area contributed by atoms with Crippen LogP contribution in [0.15, 0.2) is 41.2 Å². The Morgan fingerprint density at radius 1 is 1.24 bits per heavy atom. The lowest BCUT2D eigenvalue weighted by Crippen LogP contribution is -2.12. The Morgan fingerprint density at radius 2 is 2.12 bits per heavy atom. The monoisotopic (exact) mass is 260 g/mol. The standard InChI is InChI=1S/C13H12N2S2/c14-11(7-13-15-5-6-16-13)10-8-17-12-4-2-1-3-9(10)12/h1-6,8,11H,7,14H2. The van der Waals surface area contributed by atoms with Crippen molar-refractivity contribution < 1.29 is 0 Å². The van der Waals surface area contributed by atoms with E-state index in [1.54, 1.807) is 22.7 Å². The van der Waals surface area contributed by atoms with E-state index in [1.807, 2.05) is 11.6 Å². The fourth-order valence-electron chi connectivity index (χ4n) is 1.94. The van der Waals surface area contributed by atoms with Crippen molar-refractivity contribution in [2.24, 2.45) is 5.73 Å². The predicted octanol–water partition coefficient (Wildman–Crippen LogP) is 3.60. The molecule has 2 heterocycles. The molecule has 2 N–H and O–H groups in total. The molecular weight excluding hydrogens is 248 g/mol. The summed E-state index contributed by atoms with van der Waals surface area (Å²) >= 11 is 3.42. The van der Waals surface area contributed by atoms with Gasteiger partial charge in [-0.1, -0.05) is 18.2 Å². The first-order valence-corrected chi connectivity index (χ1v) is 7.20. The van der Waals surface area contributed by atoms with Crippen LogP contribution in [0.3, 0.4) is 0 Å². The van der Waals surface area contributed by atoms with Crippen molar-refractivity contribution in [3.05, 3.63) is 51.8 Å². The number of rotatable bonds is 3. The molecule has 2 nitrogen and oxygen atoms in total. The summed E-state index contributed by atoms with van der Waals surface area (Å²) in [5.41, 5.74) is 7.51. The van der Waals surface area contributed by atoms with Crippen LogP contribution in [0, 0.1) is 0 Å². The summed E-state index contributed by atoms with van der Waals surface area (Å²) in [4.78, 5) is 4.29. The Kier molecular flexibility index (Phi) is 2.93. The number of hydrogen-bond donors (Lipinski definition) is 1. The number of fused-ring (bicyclic) bond motifs is 1. The fraction of sp³-hybridized carbons (Fsp3) is 0.154. The molecule has 1 atom stereocenters. The average Bonchev–Trinajstić information content (AvgIpc) is 2.96. The Morgan fingerprint density at radius 3 is 2.94 bits per heavy atom. The fourth-order valence-corrected chi connectivity index (χ4v) is 3.64. The Bertz CT molecular complexity index is 613. The van der Waals surface area contributed by atoms with Gasteiger partial charge in [0.05, 0.1) is 5.01 Å². The minimum atomic E-state index is 0.0392. The van der Waals surface area contributed by atoms with Gasteiger partial charge in [-0.15, -0.1) is 22.7 Å². The Balaban J connectivity index is 1.93. The van der Waals surface area contributed by atoms with Crippen LogP contribution in [0.4, 0.5) is 0 Å². The third kappa shape index (κ3) is 2.11. The van der Waals surface area contributed by atoms with Crippen LogP contribution < -0.4 is 5.73 Å². The second kappa shape index (κ2) is 4.56. The highest BCUT2D eigenvalue weighted by molar-refractivity contribution is 7.17. The Labute approximate surface area is 108 Å². The van der Waals surface area contributed by atoms with E-state index in [9.17, 15) is 0 Å². The van der Waals surface area contributed by atoms with E-state index in [1.165, 1.54) is 15.6 Å². The number of thiazole rings is 1. The van der Waals surface area contributed by atoms with Gasteiger partial charge in [-0.05, 0) is 22.4 Å². The van der Waals surface area contributed by atoms with Crippen LogP contribution in [0.5, 0.6) is 0 Å². The van der Waals surface area contributed by atoms with Crippen LogP contribution in [-0.4, -0.2) is 4.98 Å². The second-order valence-corrected chi connectivity index (χ2v) is 5.81. The first-order chi connectivity index (χ1) is 8.34. The third-order valence-corrected chi connectivity index (χ3v) is 4.57. The molecule has 0 amide bonds. The molecule has 0 spiro atoms. The van der Waals surface area contributed by atoms with Crippen molar-refractivity contribution >= 4 is 32.8 Å².